The van der Waals surface area contributed by atoms with Gasteiger partial charge in [-0.25, -0.2) is 0 Å². The Morgan fingerprint density at radius 2 is 1.03 bits per heavy atom. The van der Waals surface area contributed by atoms with Crippen LogP contribution in [-0.2, 0) is 9.47 Å². The Bertz CT molecular complexity index is 880. The van der Waals surface area contributed by atoms with Gasteiger partial charge in [0.25, 0.3) is 0 Å². The number of halogens is 1. The van der Waals surface area contributed by atoms with E-state index in [9.17, 15) is 0 Å². The zero-order valence-electron chi connectivity index (χ0n) is 23.0. The Morgan fingerprint density at radius 1 is 0.579 bits per heavy atom. The lowest BCUT2D eigenvalue weighted by molar-refractivity contribution is -0.162. The minimum atomic E-state index is -1.66. The second-order valence-electron chi connectivity index (χ2n) is 10.4. The van der Waals surface area contributed by atoms with E-state index >= 15 is 0 Å². The molecule has 1 aliphatic rings. The number of ether oxygens (including phenoxy) is 2. The fraction of sp³-hybridized carbons (Fsp3) is 0.471. The number of unbranched alkanes of at least 4 members (excludes halogenated alkanes) is 8. The van der Waals surface area contributed by atoms with E-state index in [0.29, 0.717) is 0 Å². The molecule has 0 N–H and O–H groups in total. The van der Waals surface area contributed by atoms with Gasteiger partial charge in [0.2, 0.25) is 0 Å². The summed E-state index contributed by atoms with van der Waals surface area (Å²) >= 11 is 0. The Hall–Kier alpha value is -1.51. The van der Waals surface area contributed by atoms with Crippen LogP contribution in [0.15, 0.2) is 91.0 Å². The average molecular weight is 598 g/mol. The van der Waals surface area contributed by atoms with Crippen molar-refractivity contribution in [3.05, 3.63) is 91.0 Å². The molecule has 0 aromatic heterocycles. The van der Waals surface area contributed by atoms with Crippen LogP contribution in [0, 0.1) is 0 Å². The monoisotopic (exact) mass is 596 g/mol. The third-order valence-corrected chi connectivity index (χ3v) is 12.2. The van der Waals surface area contributed by atoms with Gasteiger partial charge in [-0.15, -0.1) is 0 Å². The predicted molar refractivity (Wildman–Crippen MR) is 161 cm³/mol. The standard InChI is InChI=1S/C34H46O2P.BrH/c1(2-4-6-18-28-35-34-27-17-19-29-36-34)3-5-7-20-30-37(31-21-11-8-12-22-31,32-23-13-9-14-24-32)33-25-15-10-16-26-33;/h8-16,21-26,34H,1-7,17-20,27-30H2;1H/q+1;/p-1. The van der Waals surface area contributed by atoms with Gasteiger partial charge in [0.15, 0.2) is 6.29 Å². The Labute approximate surface area is 242 Å². The summed E-state index contributed by atoms with van der Waals surface area (Å²) in [5.41, 5.74) is 0. The van der Waals surface area contributed by atoms with E-state index in [-0.39, 0.29) is 23.3 Å². The zero-order chi connectivity index (χ0) is 25.4. The summed E-state index contributed by atoms with van der Waals surface area (Å²) in [6, 6.07) is 33.9. The van der Waals surface area contributed by atoms with Crippen molar-refractivity contribution < 1.29 is 26.5 Å². The first-order valence-electron chi connectivity index (χ1n) is 14.7. The van der Waals surface area contributed by atoms with Crippen LogP contribution >= 0.6 is 7.26 Å². The Morgan fingerprint density at radius 3 is 1.47 bits per heavy atom. The van der Waals surface area contributed by atoms with Gasteiger partial charge in [-0.1, -0.05) is 93.1 Å². The van der Waals surface area contributed by atoms with E-state index in [1.807, 2.05) is 0 Å². The molecule has 0 saturated carbocycles. The summed E-state index contributed by atoms with van der Waals surface area (Å²) in [4.78, 5) is 0. The minimum Gasteiger partial charge on any atom is -1.00 e. The minimum absolute atomic E-state index is 0. The molecule has 3 aromatic carbocycles. The van der Waals surface area contributed by atoms with Crippen molar-refractivity contribution >= 4 is 23.2 Å². The second-order valence-corrected chi connectivity index (χ2v) is 14.0. The molecule has 1 heterocycles. The first kappa shape index (κ1) is 31.0. The number of hydrogen-bond acceptors (Lipinski definition) is 2. The molecule has 0 aliphatic carbocycles. The molecular formula is C34H46BrO2P. The van der Waals surface area contributed by atoms with Crippen LogP contribution in [-0.4, -0.2) is 25.7 Å². The molecule has 1 atom stereocenters. The van der Waals surface area contributed by atoms with Crippen LogP contribution in [0.25, 0.3) is 0 Å². The SMILES string of the molecule is [Br-].c1ccc([P+](CCCCCCCCCCCOC2CCCCO2)(c2ccccc2)c2ccccc2)cc1. The summed E-state index contributed by atoms with van der Waals surface area (Å²) in [7, 11) is -1.66. The molecule has 1 fully saturated rings. The maximum Gasteiger partial charge on any atom is 0.157 e. The van der Waals surface area contributed by atoms with Crippen LogP contribution < -0.4 is 32.9 Å². The summed E-state index contributed by atoms with van der Waals surface area (Å²) in [6.07, 6.45) is 16.7. The van der Waals surface area contributed by atoms with E-state index < -0.39 is 7.26 Å². The topological polar surface area (TPSA) is 18.5 Å². The molecular weight excluding hydrogens is 551 g/mol. The van der Waals surface area contributed by atoms with Gasteiger partial charge in [-0.05, 0) is 74.9 Å². The maximum atomic E-state index is 5.86. The van der Waals surface area contributed by atoms with Gasteiger partial charge < -0.3 is 26.5 Å². The molecule has 4 rings (SSSR count). The molecule has 1 unspecified atom stereocenters. The van der Waals surface area contributed by atoms with Crippen LogP contribution in [0.2, 0.25) is 0 Å². The molecule has 206 valence electrons. The first-order valence-corrected chi connectivity index (χ1v) is 16.7. The summed E-state index contributed by atoms with van der Waals surface area (Å²) in [6.45, 7) is 1.73. The molecule has 0 bridgehead atoms. The highest BCUT2D eigenvalue weighted by Crippen LogP contribution is 2.56. The molecule has 4 heteroatoms. The van der Waals surface area contributed by atoms with Gasteiger partial charge in [0, 0.05) is 13.2 Å². The molecule has 0 amide bonds. The van der Waals surface area contributed by atoms with Crippen molar-refractivity contribution in [1.29, 1.82) is 0 Å². The average Bonchev–Trinajstić information content (AvgIpc) is 2.98. The second kappa shape index (κ2) is 18.0. The third-order valence-electron chi connectivity index (χ3n) is 7.67. The van der Waals surface area contributed by atoms with Crippen molar-refractivity contribution in [2.75, 3.05) is 19.4 Å². The Kier molecular flexibility index (Phi) is 14.7. The van der Waals surface area contributed by atoms with Crippen LogP contribution in [0.3, 0.4) is 0 Å². The molecule has 1 aliphatic heterocycles. The van der Waals surface area contributed by atoms with Gasteiger partial charge in [-0.2, -0.15) is 0 Å². The van der Waals surface area contributed by atoms with Crippen LogP contribution in [0.4, 0.5) is 0 Å². The fourth-order valence-corrected chi connectivity index (χ4v) is 10.0. The lowest BCUT2D eigenvalue weighted by atomic mass is 10.1. The van der Waals surface area contributed by atoms with Crippen molar-refractivity contribution in [2.45, 2.75) is 83.3 Å². The van der Waals surface area contributed by atoms with E-state index in [2.05, 4.69) is 91.0 Å². The molecule has 3 aromatic rings. The van der Waals surface area contributed by atoms with Gasteiger partial charge >= 0.3 is 0 Å². The molecule has 0 spiro atoms. The van der Waals surface area contributed by atoms with E-state index in [4.69, 9.17) is 9.47 Å². The highest BCUT2D eigenvalue weighted by Gasteiger charge is 2.44. The van der Waals surface area contributed by atoms with Crippen molar-refractivity contribution in [2.24, 2.45) is 0 Å². The zero-order valence-corrected chi connectivity index (χ0v) is 25.5. The normalized spacial score (nSPS) is 15.6. The van der Waals surface area contributed by atoms with E-state index in [1.165, 1.54) is 92.7 Å². The summed E-state index contributed by atoms with van der Waals surface area (Å²) in [5, 5.41) is 4.52. The van der Waals surface area contributed by atoms with Crippen molar-refractivity contribution in [3.8, 4) is 0 Å². The smallest absolute Gasteiger partial charge is 0.157 e. The number of benzene rings is 3. The highest BCUT2D eigenvalue weighted by atomic mass is 79.9. The molecule has 38 heavy (non-hydrogen) atoms. The highest BCUT2D eigenvalue weighted by molar-refractivity contribution is 7.95. The summed E-state index contributed by atoms with van der Waals surface area (Å²) in [5.74, 6) is 0. The van der Waals surface area contributed by atoms with Crippen molar-refractivity contribution in [3.63, 3.8) is 0 Å². The Balaban J connectivity index is 0.00000400. The van der Waals surface area contributed by atoms with Crippen molar-refractivity contribution in [1.82, 2.24) is 0 Å². The lowest BCUT2D eigenvalue weighted by Gasteiger charge is -2.27. The quantitative estimate of drug-likeness (QED) is 0.170. The van der Waals surface area contributed by atoms with Gasteiger partial charge in [0.1, 0.15) is 23.2 Å². The molecule has 0 radical (unpaired) electrons. The predicted octanol–water partition coefficient (Wildman–Crippen LogP) is 5.04. The van der Waals surface area contributed by atoms with E-state index in [0.717, 1.165) is 19.6 Å². The third kappa shape index (κ3) is 9.30. The van der Waals surface area contributed by atoms with Crippen LogP contribution in [0.1, 0.15) is 77.0 Å². The van der Waals surface area contributed by atoms with E-state index in [1.54, 1.807) is 0 Å². The lowest BCUT2D eigenvalue weighted by Crippen LogP contribution is -3.00. The number of rotatable bonds is 16. The molecule has 2 nitrogen and oxygen atoms in total. The van der Waals surface area contributed by atoms with Gasteiger partial charge in [0.05, 0.1) is 6.16 Å². The molecule has 1 saturated heterocycles. The largest absolute Gasteiger partial charge is 1.00 e. The maximum absolute atomic E-state index is 5.86. The fourth-order valence-electron chi connectivity index (χ4n) is 5.63. The van der Waals surface area contributed by atoms with Crippen LogP contribution in [0.5, 0.6) is 0 Å². The summed E-state index contributed by atoms with van der Waals surface area (Å²) < 4.78 is 11.5. The number of hydrogen-bond donors (Lipinski definition) is 0. The van der Waals surface area contributed by atoms with Gasteiger partial charge in [-0.3, -0.25) is 0 Å². The first-order chi connectivity index (χ1) is 18.4.